The Balaban J connectivity index is 2.04. The van der Waals surface area contributed by atoms with Crippen molar-refractivity contribution < 1.29 is 36.8 Å². The minimum atomic E-state index is -4.78. The maximum absolute atomic E-state index is 13.7. The fraction of sp³-hybridized carbons (Fsp3) is 0.579. The highest BCUT2D eigenvalue weighted by Crippen LogP contribution is 2.32. The van der Waals surface area contributed by atoms with E-state index in [1.165, 1.54) is 4.58 Å². The molecule has 2 rings (SSSR count). The highest BCUT2D eigenvalue weighted by atomic mass is 19.4. The first-order chi connectivity index (χ1) is 12.8. The van der Waals surface area contributed by atoms with Gasteiger partial charge in [-0.15, -0.1) is 4.58 Å². The summed E-state index contributed by atoms with van der Waals surface area (Å²) >= 11 is 0. The zero-order valence-corrected chi connectivity index (χ0v) is 16.3. The van der Waals surface area contributed by atoms with E-state index < -0.39 is 35.4 Å². The Morgan fingerprint density at radius 1 is 1.32 bits per heavy atom. The lowest BCUT2D eigenvalue weighted by molar-refractivity contribution is -0.458. The van der Waals surface area contributed by atoms with Gasteiger partial charge in [0.15, 0.2) is 12.3 Å². The van der Waals surface area contributed by atoms with Crippen molar-refractivity contribution >= 4 is 11.8 Å². The van der Waals surface area contributed by atoms with E-state index in [4.69, 9.17) is 4.74 Å². The Kier molecular flexibility index (Phi) is 6.50. The molecule has 9 heteroatoms. The Labute approximate surface area is 161 Å². The van der Waals surface area contributed by atoms with Crippen LogP contribution < -0.4 is 0 Å². The number of benzene rings is 1. The Bertz CT molecular complexity index is 769. The molecule has 0 aliphatic carbocycles. The van der Waals surface area contributed by atoms with Crippen LogP contribution in [0.2, 0.25) is 0 Å². The predicted molar refractivity (Wildman–Crippen MR) is 94.8 cm³/mol. The molecule has 1 N–H and O–H groups in total. The number of amides is 1. The van der Waals surface area contributed by atoms with Crippen molar-refractivity contribution in [2.45, 2.75) is 45.6 Å². The van der Waals surface area contributed by atoms with Crippen LogP contribution in [0.25, 0.3) is 0 Å². The highest BCUT2D eigenvalue weighted by Gasteiger charge is 2.35. The van der Waals surface area contributed by atoms with Gasteiger partial charge in [-0.05, 0) is 38.5 Å². The molecule has 5 nitrogen and oxygen atoms in total. The topological polar surface area (TPSA) is 52.8 Å². The van der Waals surface area contributed by atoms with Crippen molar-refractivity contribution in [2.75, 3.05) is 26.2 Å². The Morgan fingerprint density at radius 3 is 2.46 bits per heavy atom. The van der Waals surface area contributed by atoms with Crippen molar-refractivity contribution in [3.63, 3.8) is 0 Å². The summed E-state index contributed by atoms with van der Waals surface area (Å²) < 4.78 is 58.5. The first kappa shape index (κ1) is 22.3. The molecule has 1 amide bonds. The summed E-state index contributed by atoms with van der Waals surface area (Å²) in [5.41, 5.74) is -1.18. The smallest absolute Gasteiger partial charge is 0.406 e. The first-order valence-corrected chi connectivity index (χ1v) is 8.88. The molecular formula is C19H25F4N2O3+. The van der Waals surface area contributed by atoms with E-state index in [9.17, 15) is 27.5 Å². The van der Waals surface area contributed by atoms with Gasteiger partial charge in [0.25, 0.3) is 0 Å². The van der Waals surface area contributed by atoms with Crippen LogP contribution in [0.1, 0.15) is 44.9 Å². The molecule has 0 saturated carbocycles. The number of rotatable bonds is 3. The van der Waals surface area contributed by atoms with Crippen molar-refractivity contribution in [2.24, 2.45) is 0 Å². The molecule has 0 bridgehead atoms. The van der Waals surface area contributed by atoms with Crippen molar-refractivity contribution in [1.82, 2.24) is 4.90 Å². The lowest BCUT2D eigenvalue weighted by Crippen LogP contribution is -2.48. The van der Waals surface area contributed by atoms with Gasteiger partial charge in [-0.2, -0.15) is 18.0 Å². The summed E-state index contributed by atoms with van der Waals surface area (Å²) in [6.45, 7) is 8.36. The fourth-order valence-corrected chi connectivity index (χ4v) is 2.96. The second-order valence-electron chi connectivity index (χ2n) is 7.86. The molecule has 156 valence electrons. The van der Waals surface area contributed by atoms with E-state index in [1.807, 2.05) is 4.90 Å². The van der Waals surface area contributed by atoms with Crippen LogP contribution in [-0.2, 0) is 10.9 Å². The standard InChI is InChI=1S/C19H25F4N2O3/c1-12-10-24(7-8-25(12)17(27)28-18(2,3)4)11-16(26)13-5-6-14(15(20)9-13)19(21,22)23/h5-6,9,16,26H,7-8,10-11H2,1-4H3/q+1/t16-/m1/s1. The molecule has 0 radical (unpaired) electrons. The third-order valence-corrected chi connectivity index (χ3v) is 4.28. The fourth-order valence-electron chi connectivity index (χ4n) is 2.96. The largest absolute Gasteiger partial charge is 0.596 e. The first-order valence-electron chi connectivity index (χ1n) is 8.88. The molecule has 28 heavy (non-hydrogen) atoms. The number of alkyl halides is 3. The lowest BCUT2D eigenvalue weighted by atomic mass is 10.0. The highest BCUT2D eigenvalue weighted by molar-refractivity contribution is 5.83. The molecule has 0 spiro atoms. The molecular weight excluding hydrogens is 380 g/mol. The van der Waals surface area contributed by atoms with Crippen LogP contribution in [0.3, 0.4) is 0 Å². The van der Waals surface area contributed by atoms with Crippen molar-refractivity contribution in [1.29, 1.82) is 0 Å². The Morgan fingerprint density at radius 2 is 1.96 bits per heavy atom. The van der Waals surface area contributed by atoms with Crippen molar-refractivity contribution in [3.8, 4) is 0 Å². The SMILES string of the molecule is CC1=[N+](C(=O)OC(C)(C)C)CCN(C[C@@H](O)c2ccc(C(F)(F)F)c(F)c2)C1. The maximum atomic E-state index is 13.7. The second kappa shape index (κ2) is 8.16. The summed E-state index contributed by atoms with van der Waals surface area (Å²) in [4.78, 5) is 14.1. The zero-order chi connectivity index (χ0) is 21.3. The summed E-state index contributed by atoms with van der Waals surface area (Å²) in [5, 5.41) is 10.3. The normalized spacial score (nSPS) is 17.6. The van der Waals surface area contributed by atoms with E-state index in [-0.39, 0.29) is 12.1 Å². The molecule has 1 aromatic rings. The van der Waals surface area contributed by atoms with Crippen LogP contribution in [0.4, 0.5) is 22.4 Å². The molecule has 1 aliphatic rings. The summed E-state index contributed by atoms with van der Waals surface area (Å²) in [6, 6.07) is 2.41. The van der Waals surface area contributed by atoms with Gasteiger partial charge >= 0.3 is 12.3 Å². The average molecular weight is 405 g/mol. The number of carbonyl (C=O) groups is 1. The number of hydrogen-bond acceptors (Lipinski definition) is 4. The second-order valence-corrected chi connectivity index (χ2v) is 7.86. The molecule has 1 atom stereocenters. The van der Waals surface area contributed by atoms with Gasteiger partial charge in [0, 0.05) is 13.5 Å². The monoisotopic (exact) mass is 405 g/mol. The van der Waals surface area contributed by atoms with Gasteiger partial charge < -0.3 is 9.84 Å². The minimum Gasteiger partial charge on any atom is -0.406 e. The summed E-state index contributed by atoms with van der Waals surface area (Å²) in [6.07, 6.45) is -6.38. The molecule has 0 aromatic heterocycles. The number of nitrogens with zero attached hydrogens (tertiary/aromatic N) is 2. The van der Waals surface area contributed by atoms with Gasteiger partial charge in [-0.1, -0.05) is 6.07 Å². The number of hydrogen-bond donors (Lipinski definition) is 1. The van der Waals surface area contributed by atoms with E-state index in [0.717, 1.165) is 11.8 Å². The number of ether oxygens (including phenoxy) is 1. The molecule has 0 saturated heterocycles. The van der Waals surface area contributed by atoms with Gasteiger partial charge in [0.2, 0.25) is 0 Å². The molecule has 1 aliphatic heterocycles. The molecule has 1 heterocycles. The van der Waals surface area contributed by atoms with Crippen LogP contribution in [0.15, 0.2) is 18.2 Å². The molecule has 0 unspecified atom stereocenters. The lowest BCUT2D eigenvalue weighted by Gasteiger charge is -2.27. The zero-order valence-electron chi connectivity index (χ0n) is 16.3. The van der Waals surface area contributed by atoms with Crippen molar-refractivity contribution in [3.05, 3.63) is 35.1 Å². The number of β-amino-alcohol motifs (C(OH)–C–C–N with tert-alkyl or cyclic N) is 1. The minimum absolute atomic E-state index is 0.0673. The number of aliphatic hydroxyl groups excluding tert-OH is 1. The van der Waals surface area contributed by atoms with Crippen LogP contribution in [-0.4, -0.2) is 58.2 Å². The average Bonchev–Trinajstić information content (AvgIpc) is 2.51. The van der Waals surface area contributed by atoms with Gasteiger partial charge in [-0.3, -0.25) is 4.90 Å². The van der Waals surface area contributed by atoms with E-state index in [0.29, 0.717) is 31.8 Å². The number of halogens is 4. The molecule has 1 aromatic carbocycles. The summed E-state index contributed by atoms with van der Waals surface area (Å²) in [5.74, 6) is -1.42. The molecule has 0 fully saturated rings. The maximum Gasteiger partial charge on any atom is 0.596 e. The van der Waals surface area contributed by atoms with Crippen LogP contribution in [0.5, 0.6) is 0 Å². The van der Waals surface area contributed by atoms with Gasteiger partial charge in [0.1, 0.15) is 11.4 Å². The number of aliphatic hydroxyl groups is 1. The van der Waals surface area contributed by atoms with E-state index in [2.05, 4.69) is 0 Å². The van der Waals surface area contributed by atoms with Crippen LogP contribution in [0, 0.1) is 5.82 Å². The summed E-state index contributed by atoms with van der Waals surface area (Å²) in [7, 11) is 0. The third kappa shape index (κ3) is 5.75. The third-order valence-electron chi connectivity index (χ3n) is 4.28. The number of carbonyl (C=O) groups excluding carboxylic acids is 1. The van der Waals surface area contributed by atoms with Gasteiger partial charge in [-0.25, -0.2) is 4.39 Å². The van der Waals surface area contributed by atoms with E-state index in [1.54, 1.807) is 27.7 Å². The Hall–Kier alpha value is -2.00. The predicted octanol–water partition coefficient (Wildman–Crippen LogP) is 3.60. The quantitative estimate of drug-likeness (QED) is 0.617. The van der Waals surface area contributed by atoms with Gasteiger partial charge in [0.05, 0.1) is 24.8 Å². The van der Waals surface area contributed by atoms with E-state index >= 15 is 0 Å². The van der Waals surface area contributed by atoms with Crippen LogP contribution >= 0.6 is 0 Å².